The molecule has 0 aliphatic carbocycles. The van der Waals surface area contributed by atoms with Crippen LogP contribution in [-0.4, -0.2) is 52.6 Å². The van der Waals surface area contributed by atoms with Crippen LogP contribution in [0.5, 0.6) is 0 Å². The summed E-state index contributed by atoms with van der Waals surface area (Å²) in [5, 5.41) is 9.89. The number of benzene rings is 2. The highest BCUT2D eigenvalue weighted by molar-refractivity contribution is 5.81. The summed E-state index contributed by atoms with van der Waals surface area (Å²) in [6, 6.07) is 14.7. The van der Waals surface area contributed by atoms with Gasteiger partial charge in [-0.15, -0.1) is 0 Å². The number of hydrogen-bond donors (Lipinski definition) is 1. The van der Waals surface area contributed by atoms with Crippen molar-refractivity contribution in [3.63, 3.8) is 0 Å². The zero-order valence-corrected chi connectivity index (χ0v) is 16.0. The van der Waals surface area contributed by atoms with Crippen LogP contribution < -0.4 is 0 Å². The standard InChI is InChI=1S/C23H25FN2O2/c1-2-3-16-4-8-18(9-5-16)23-20-13-25(12-17-6-10-19(24)11-7-17)14-22(28)26(20)21(23)15-27/h2-11,20-21,23,27H,12-15H2,1H3/b3-2+/t20-,21+,23+/m1/s1. The molecule has 2 aromatic rings. The monoisotopic (exact) mass is 380 g/mol. The SMILES string of the molecule is C/C=C/c1ccc([C@H]2[C@H]3CN(Cc4ccc(F)cc4)CC(=O)N3[C@H]2CO)cc1. The molecule has 2 aliphatic rings. The van der Waals surface area contributed by atoms with E-state index >= 15 is 0 Å². The molecular weight excluding hydrogens is 355 g/mol. The molecule has 1 amide bonds. The normalized spacial score (nSPS) is 25.0. The molecule has 2 aromatic carbocycles. The van der Waals surface area contributed by atoms with E-state index in [1.54, 1.807) is 12.1 Å². The second-order valence-corrected chi connectivity index (χ2v) is 7.61. The molecule has 2 aliphatic heterocycles. The van der Waals surface area contributed by atoms with E-state index in [1.165, 1.54) is 12.1 Å². The van der Waals surface area contributed by atoms with Gasteiger partial charge in [-0.1, -0.05) is 48.6 Å². The first-order valence-electron chi connectivity index (χ1n) is 9.72. The molecular formula is C23H25FN2O2. The summed E-state index contributed by atoms with van der Waals surface area (Å²) in [5.41, 5.74) is 3.29. The minimum absolute atomic E-state index is 0.0263. The highest BCUT2D eigenvalue weighted by atomic mass is 19.1. The Balaban J connectivity index is 1.52. The molecule has 2 heterocycles. The van der Waals surface area contributed by atoms with E-state index < -0.39 is 0 Å². The van der Waals surface area contributed by atoms with Gasteiger partial charge >= 0.3 is 0 Å². The number of halogens is 1. The van der Waals surface area contributed by atoms with Crippen molar-refractivity contribution in [1.82, 2.24) is 9.80 Å². The third-order valence-electron chi connectivity index (χ3n) is 5.82. The maximum absolute atomic E-state index is 13.1. The minimum Gasteiger partial charge on any atom is -0.394 e. The van der Waals surface area contributed by atoms with Crippen LogP contribution >= 0.6 is 0 Å². The number of rotatable bonds is 5. The van der Waals surface area contributed by atoms with Gasteiger partial charge in [0.15, 0.2) is 0 Å². The average molecular weight is 380 g/mol. The van der Waals surface area contributed by atoms with Crippen LogP contribution in [0.15, 0.2) is 54.6 Å². The zero-order chi connectivity index (χ0) is 19.7. The van der Waals surface area contributed by atoms with Gasteiger partial charge in [0.2, 0.25) is 5.91 Å². The van der Waals surface area contributed by atoms with Gasteiger partial charge in [-0.05, 0) is 35.7 Å². The van der Waals surface area contributed by atoms with Crippen molar-refractivity contribution in [2.45, 2.75) is 31.5 Å². The lowest BCUT2D eigenvalue weighted by atomic mass is 9.73. The maximum atomic E-state index is 13.1. The molecule has 0 aromatic heterocycles. The Kier molecular flexibility index (Phi) is 5.29. The quantitative estimate of drug-likeness (QED) is 0.867. The van der Waals surface area contributed by atoms with E-state index in [0.29, 0.717) is 13.1 Å². The molecule has 2 saturated heterocycles. The largest absolute Gasteiger partial charge is 0.394 e. The third kappa shape index (κ3) is 3.48. The van der Waals surface area contributed by atoms with Crippen LogP contribution in [-0.2, 0) is 11.3 Å². The first kappa shape index (κ1) is 18.8. The molecule has 0 saturated carbocycles. The fourth-order valence-corrected chi connectivity index (χ4v) is 4.56. The van der Waals surface area contributed by atoms with Crippen LogP contribution in [0.1, 0.15) is 29.5 Å². The average Bonchev–Trinajstić information content (AvgIpc) is 2.67. The zero-order valence-electron chi connectivity index (χ0n) is 16.0. The third-order valence-corrected chi connectivity index (χ3v) is 5.82. The molecule has 3 atom stereocenters. The molecule has 5 heteroatoms. The number of hydrogen-bond acceptors (Lipinski definition) is 3. The van der Waals surface area contributed by atoms with Crippen LogP contribution in [0.3, 0.4) is 0 Å². The summed E-state index contributed by atoms with van der Waals surface area (Å²) in [6.07, 6.45) is 4.05. The molecule has 146 valence electrons. The van der Waals surface area contributed by atoms with Gasteiger partial charge in [-0.2, -0.15) is 0 Å². The van der Waals surface area contributed by atoms with Crippen molar-refractivity contribution in [2.24, 2.45) is 0 Å². The number of fused-ring (bicyclic) bond motifs is 1. The summed E-state index contributed by atoms with van der Waals surface area (Å²) in [5.74, 6) is -0.0697. The number of amides is 1. The number of allylic oxidation sites excluding steroid dienone is 1. The highest BCUT2D eigenvalue weighted by Gasteiger charge is 2.53. The first-order chi connectivity index (χ1) is 13.6. The Morgan fingerprint density at radius 2 is 1.86 bits per heavy atom. The summed E-state index contributed by atoms with van der Waals surface area (Å²) < 4.78 is 13.1. The summed E-state index contributed by atoms with van der Waals surface area (Å²) >= 11 is 0. The topological polar surface area (TPSA) is 43.8 Å². The molecule has 0 unspecified atom stereocenters. The van der Waals surface area contributed by atoms with E-state index in [1.807, 2.05) is 17.9 Å². The van der Waals surface area contributed by atoms with Gasteiger partial charge in [0.25, 0.3) is 0 Å². The fourth-order valence-electron chi connectivity index (χ4n) is 4.56. The lowest BCUT2D eigenvalue weighted by Gasteiger charge is -2.59. The van der Waals surface area contributed by atoms with Crippen molar-refractivity contribution < 1.29 is 14.3 Å². The lowest BCUT2D eigenvalue weighted by molar-refractivity contribution is -0.162. The number of piperazine rings is 1. The summed E-state index contributed by atoms with van der Waals surface area (Å²) in [4.78, 5) is 16.7. The van der Waals surface area contributed by atoms with Gasteiger partial charge in [0.1, 0.15) is 5.82 Å². The van der Waals surface area contributed by atoms with Crippen LogP contribution in [0.25, 0.3) is 6.08 Å². The van der Waals surface area contributed by atoms with Crippen molar-refractivity contribution in [3.8, 4) is 0 Å². The van der Waals surface area contributed by atoms with Gasteiger partial charge < -0.3 is 10.0 Å². The Bertz CT molecular complexity index is 863. The van der Waals surface area contributed by atoms with Crippen molar-refractivity contribution >= 4 is 12.0 Å². The number of nitrogens with zero attached hydrogens (tertiary/aromatic N) is 2. The van der Waals surface area contributed by atoms with Gasteiger partial charge in [-0.25, -0.2) is 4.39 Å². The van der Waals surface area contributed by atoms with Gasteiger partial charge in [-0.3, -0.25) is 9.69 Å². The predicted octanol–water partition coefficient (Wildman–Crippen LogP) is 3.03. The molecule has 1 N–H and O–H groups in total. The summed E-state index contributed by atoms with van der Waals surface area (Å²) in [6.45, 7) is 3.66. The Hall–Kier alpha value is -2.50. The molecule has 0 radical (unpaired) electrons. The van der Waals surface area contributed by atoms with Crippen LogP contribution in [0, 0.1) is 5.82 Å². The smallest absolute Gasteiger partial charge is 0.237 e. The Morgan fingerprint density at radius 3 is 2.50 bits per heavy atom. The predicted molar refractivity (Wildman–Crippen MR) is 107 cm³/mol. The van der Waals surface area contributed by atoms with Crippen LogP contribution in [0.2, 0.25) is 0 Å². The van der Waals surface area contributed by atoms with Crippen molar-refractivity contribution in [2.75, 3.05) is 19.7 Å². The number of aliphatic hydroxyl groups excluding tert-OH is 1. The van der Waals surface area contributed by atoms with Gasteiger partial charge in [0, 0.05) is 19.0 Å². The van der Waals surface area contributed by atoms with Crippen molar-refractivity contribution in [1.29, 1.82) is 0 Å². The Morgan fingerprint density at radius 1 is 1.14 bits per heavy atom. The van der Waals surface area contributed by atoms with E-state index in [9.17, 15) is 14.3 Å². The van der Waals surface area contributed by atoms with Crippen LogP contribution in [0.4, 0.5) is 4.39 Å². The first-order valence-corrected chi connectivity index (χ1v) is 9.72. The minimum atomic E-state index is -0.254. The Labute approximate surface area is 164 Å². The lowest BCUT2D eigenvalue weighted by Crippen LogP contribution is -2.72. The fraction of sp³-hybridized carbons (Fsp3) is 0.348. The van der Waals surface area contributed by atoms with E-state index in [-0.39, 0.29) is 36.3 Å². The van der Waals surface area contributed by atoms with Gasteiger partial charge in [0.05, 0.1) is 25.2 Å². The molecule has 28 heavy (non-hydrogen) atoms. The van der Waals surface area contributed by atoms with E-state index in [0.717, 1.165) is 23.2 Å². The van der Waals surface area contributed by atoms with E-state index in [2.05, 4.69) is 35.2 Å². The number of aliphatic hydroxyl groups is 1. The number of carbonyl (C=O) groups is 1. The maximum Gasteiger partial charge on any atom is 0.237 e. The molecule has 4 rings (SSSR count). The summed E-state index contributed by atoms with van der Waals surface area (Å²) in [7, 11) is 0. The molecule has 0 bridgehead atoms. The molecule has 2 fully saturated rings. The van der Waals surface area contributed by atoms with Crippen molar-refractivity contribution in [3.05, 3.63) is 77.1 Å². The number of carbonyl (C=O) groups excluding carboxylic acids is 1. The van der Waals surface area contributed by atoms with E-state index in [4.69, 9.17) is 0 Å². The second kappa shape index (κ2) is 7.86. The second-order valence-electron chi connectivity index (χ2n) is 7.61. The molecule has 4 nitrogen and oxygen atoms in total. The highest BCUT2D eigenvalue weighted by Crippen LogP contribution is 2.43. The molecule has 0 spiro atoms.